The van der Waals surface area contributed by atoms with E-state index in [1.807, 2.05) is 19.0 Å². The molecule has 0 aliphatic heterocycles. The second-order valence-electron chi connectivity index (χ2n) is 5.59. The lowest BCUT2D eigenvalue weighted by Gasteiger charge is -2.15. The van der Waals surface area contributed by atoms with Crippen LogP contribution in [0.1, 0.15) is 24.8 Å². The molecule has 3 N–H and O–H groups in total. The van der Waals surface area contributed by atoms with Gasteiger partial charge >= 0.3 is 5.97 Å². The van der Waals surface area contributed by atoms with Gasteiger partial charge in [0.25, 0.3) is 0 Å². The standard InChI is InChI=1S/C16H24N2O4/c1-18(2)10-4-3-5-15(20)17-14(16(21)22)11-12-6-8-13(19)9-7-12/h6-9,14,19H,3-5,10-11H2,1-2H3,(H,17,20)(H,21,22). The number of hydrogen-bond donors (Lipinski definition) is 3. The van der Waals surface area contributed by atoms with E-state index in [1.54, 1.807) is 12.1 Å². The van der Waals surface area contributed by atoms with Crippen LogP contribution in [0.25, 0.3) is 0 Å². The van der Waals surface area contributed by atoms with E-state index in [9.17, 15) is 19.8 Å². The number of carbonyl (C=O) groups excluding carboxylic acids is 1. The van der Waals surface area contributed by atoms with Crippen LogP contribution in [0.3, 0.4) is 0 Å². The fourth-order valence-corrected chi connectivity index (χ4v) is 2.05. The Morgan fingerprint density at radius 2 is 1.82 bits per heavy atom. The Morgan fingerprint density at radius 1 is 1.18 bits per heavy atom. The minimum absolute atomic E-state index is 0.126. The van der Waals surface area contributed by atoms with Crippen molar-refractivity contribution in [2.24, 2.45) is 0 Å². The molecule has 1 atom stereocenters. The van der Waals surface area contributed by atoms with Crippen molar-refractivity contribution in [2.45, 2.75) is 31.7 Å². The summed E-state index contributed by atoms with van der Waals surface area (Å²) in [4.78, 5) is 25.1. The molecule has 6 heteroatoms. The number of aromatic hydroxyl groups is 1. The molecular weight excluding hydrogens is 284 g/mol. The molecule has 0 bridgehead atoms. The van der Waals surface area contributed by atoms with Crippen molar-refractivity contribution in [1.82, 2.24) is 10.2 Å². The second kappa shape index (κ2) is 9.04. The van der Waals surface area contributed by atoms with Crippen molar-refractivity contribution in [3.05, 3.63) is 29.8 Å². The van der Waals surface area contributed by atoms with Gasteiger partial charge in [0, 0.05) is 12.8 Å². The lowest BCUT2D eigenvalue weighted by molar-refractivity contribution is -0.141. The zero-order valence-electron chi connectivity index (χ0n) is 13.1. The summed E-state index contributed by atoms with van der Waals surface area (Å²) < 4.78 is 0. The van der Waals surface area contributed by atoms with Gasteiger partial charge in [0.1, 0.15) is 11.8 Å². The maximum atomic E-state index is 11.8. The highest BCUT2D eigenvalue weighted by Crippen LogP contribution is 2.11. The third kappa shape index (κ3) is 7.08. The molecule has 6 nitrogen and oxygen atoms in total. The predicted octanol–water partition coefficient (Wildman–Crippen LogP) is 1.24. The second-order valence-corrected chi connectivity index (χ2v) is 5.59. The number of carboxylic acid groups (broad SMARTS) is 1. The summed E-state index contributed by atoms with van der Waals surface area (Å²) >= 11 is 0. The first-order valence-electron chi connectivity index (χ1n) is 7.33. The van der Waals surface area contributed by atoms with E-state index in [1.165, 1.54) is 12.1 Å². The number of carboxylic acids is 1. The Bertz CT molecular complexity index is 485. The maximum Gasteiger partial charge on any atom is 0.326 e. The molecule has 22 heavy (non-hydrogen) atoms. The van der Waals surface area contributed by atoms with Gasteiger partial charge in [0.15, 0.2) is 0 Å². The highest BCUT2D eigenvalue weighted by atomic mass is 16.4. The van der Waals surface area contributed by atoms with Gasteiger partial charge in [-0.2, -0.15) is 0 Å². The van der Waals surface area contributed by atoms with E-state index in [4.69, 9.17) is 0 Å². The number of benzene rings is 1. The summed E-state index contributed by atoms with van der Waals surface area (Å²) in [6, 6.07) is 5.34. The minimum atomic E-state index is -1.06. The van der Waals surface area contributed by atoms with Crippen molar-refractivity contribution in [2.75, 3.05) is 20.6 Å². The first kappa shape index (κ1) is 18.0. The monoisotopic (exact) mass is 308 g/mol. The Labute approximate surface area is 130 Å². The van der Waals surface area contributed by atoms with Gasteiger partial charge < -0.3 is 20.4 Å². The molecule has 122 valence electrons. The van der Waals surface area contributed by atoms with Crippen LogP contribution in [-0.2, 0) is 16.0 Å². The summed E-state index contributed by atoms with van der Waals surface area (Å²) in [6.07, 6.45) is 2.15. The van der Waals surface area contributed by atoms with E-state index >= 15 is 0 Å². The van der Waals surface area contributed by atoms with Crippen LogP contribution >= 0.6 is 0 Å². The third-order valence-corrected chi connectivity index (χ3v) is 3.27. The van der Waals surface area contributed by atoms with Crippen LogP contribution in [0, 0.1) is 0 Å². The Kier molecular flexibility index (Phi) is 7.39. The van der Waals surface area contributed by atoms with Crippen LogP contribution in [0.15, 0.2) is 24.3 Å². The molecule has 1 aromatic rings. The van der Waals surface area contributed by atoms with Crippen LogP contribution in [-0.4, -0.2) is 53.7 Å². The molecule has 0 aromatic heterocycles. The summed E-state index contributed by atoms with van der Waals surface area (Å²) in [7, 11) is 3.94. The van der Waals surface area contributed by atoms with Crippen LogP contribution in [0.5, 0.6) is 5.75 Å². The molecule has 1 amide bonds. The molecule has 0 saturated carbocycles. The Hall–Kier alpha value is -2.08. The number of unbranched alkanes of at least 4 members (excludes halogenated alkanes) is 1. The molecule has 1 aromatic carbocycles. The van der Waals surface area contributed by atoms with Crippen LogP contribution in [0.4, 0.5) is 0 Å². The highest BCUT2D eigenvalue weighted by Gasteiger charge is 2.20. The molecular formula is C16H24N2O4. The molecule has 0 aliphatic rings. The zero-order chi connectivity index (χ0) is 16.5. The van der Waals surface area contributed by atoms with Gasteiger partial charge in [0.2, 0.25) is 5.91 Å². The summed E-state index contributed by atoms with van der Waals surface area (Å²) in [5, 5.41) is 21.0. The van der Waals surface area contributed by atoms with E-state index < -0.39 is 12.0 Å². The van der Waals surface area contributed by atoms with Gasteiger partial charge in [-0.3, -0.25) is 4.79 Å². The van der Waals surface area contributed by atoms with Gasteiger partial charge in [-0.05, 0) is 51.2 Å². The van der Waals surface area contributed by atoms with E-state index in [0.29, 0.717) is 6.42 Å². The maximum absolute atomic E-state index is 11.8. The first-order chi connectivity index (χ1) is 10.4. The number of carbonyl (C=O) groups is 2. The van der Waals surface area contributed by atoms with Gasteiger partial charge in [-0.25, -0.2) is 4.79 Å². The largest absolute Gasteiger partial charge is 0.508 e. The van der Waals surface area contributed by atoms with Crippen molar-refractivity contribution >= 4 is 11.9 Å². The Balaban J connectivity index is 2.45. The molecule has 0 saturated heterocycles. The summed E-state index contributed by atoms with van der Waals surface area (Å²) in [6.45, 7) is 0.906. The van der Waals surface area contributed by atoms with Gasteiger partial charge in [-0.15, -0.1) is 0 Å². The molecule has 0 radical (unpaired) electrons. The molecule has 0 fully saturated rings. The average molecular weight is 308 g/mol. The average Bonchev–Trinajstić information content (AvgIpc) is 2.45. The number of rotatable bonds is 9. The Morgan fingerprint density at radius 3 is 2.36 bits per heavy atom. The molecule has 0 heterocycles. The van der Waals surface area contributed by atoms with E-state index in [2.05, 4.69) is 5.32 Å². The van der Waals surface area contributed by atoms with E-state index in [-0.39, 0.29) is 18.1 Å². The zero-order valence-corrected chi connectivity index (χ0v) is 13.1. The predicted molar refractivity (Wildman–Crippen MR) is 83.8 cm³/mol. The fourth-order valence-electron chi connectivity index (χ4n) is 2.05. The van der Waals surface area contributed by atoms with E-state index in [0.717, 1.165) is 24.9 Å². The van der Waals surface area contributed by atoms with Crippen molar-refractivity contribution in [1.29, 1.82) is 0 Å². The van der Waals surface area contributed by atoms with Crippen LogP contribution < -0.4 is 5.32 Å². The van der Waals surface area contributed by atoms with Crippen molar-refractivity contribution in [3.8, 4) is 5.75 Å². The number of phenols is 1. The first-order valence-corrected chi connectivity index (χ1v) is 7.33. The topological polar surface area (TPSA) is 89.9 Å². The molecule has 1 rings (SSSR count). The lowest BCUT2D eigenvalue weighted by atomic mass is 10.1. The highest BCUT2D eigenvalue weighted by molar-refractivity contribution is 5.83. The van der Waals surface area contributed by atoms with Crippen molar-refractivity contribution in [3.63, 3.8) is 0 Å². The third-order valence-electron chi connectivity index (χ3n) is 3.27. The molecule has 0 aliphatic carbocycles. The summed E-state index contributed by atoms with van der Waals surface area (Å²) in [5.74, 6) is -1.18. The van der Waals surface area contributed by atoms with Crippen LogP contribution in [0.2, 0.25) is 0 Å². The quantitative estimate of drug-likeness (QED) is 0.597. The fraction of sp³-hybridized carbons (Fsp3) is 0.500. The SMILES string of the molecule is CN(C)CCCCC(=O)NC(Cc1ccc(O)cc1)C(=O)O. The number of amides is 1. The van der Waals surface area contributed by atoms with Crippen molar-refractivity contribution < 1.29 is 19.8 Å². The van der Waals surface area contributed by atoms with Gasteiger partial charge in [-0.1, -0.05) is 12.1 Å². The number of hydrogen-bond acceptors (Lipinski definition) is 4. The number of phenolic OH excluding ortho intramolecular Hbond substituents is 1. The van der Waals surface area contributed by atoms with Gasteiger partial charge in [0.05, 0.1) is 0 Å². The number of nitrogens with zero attached hydrogens (tertiary/aromatic N) is 1. The molecule has 0 spiro atoms. The number of nitrogens with one attached hydrogen (secondary N) is 1. The summed E-state index contributed by atoms with van der Waals surface area (Å²) in [5.41, 5.74) is 0.748. The smallest absolute Gasteiger partial charge is 0.326 e. The normalized spacial score (nSPS) is 12.1. The minimum Gasteiger partial charge on any atom is -0.508 e. The molecule has 1 unspecified atom stereocenters. The number of aliphatic carboxylic acids is 1. The lowest BCUT2D eigenvalue weighted by Crippen LogP contribution is -2.42.